The van der Waals surface area contributed by atoms with Crippen molar-refractivity contribution in [2.75, 3.05) is 4.90 Å². The summed E-state index contributed by atoms with van der Waals surface area (Å²) in [6, 6.07) is 88.5. The summed E-state index contributed by atoms with van der Waals surface area (Å²) in [5.41, 5.74) is 16.2. The number of hydrogen-bond donors (Lipinski definition) is 0. The molecular formula is C60H40N2S. The maximum atomic E-state index is 2.47. The monoisotopic (exact) mass is 820 g/mol. The minimum Gasteiger partial charge on any atom is -0.310 e. The average Bonchev–Trinajstić information content (AvgIpc) is 3.90. The lowest BCUT2D eigenvalue weighted by Crippen LogP contribution is -2.12. The molecule has 0 atom stereocenters. The third-order valence-electron chi connectivity index (χ3n) is 12.4. The van der Waals surface area contributed by atoms with Gasteiger partial charge in [0.2, 0.25) is 0 Å². The van der Waals surface area contributed by atoms with Crippen LogP contribution in [0.2, 0.25) is 0 Å². The van der Waals surface area contributed by atoms with Gasteiger partial charge in [0.25, 0.3) is 0 Å². The molecule has 10 aromatic carbocycles. The van der Waals surface area contributed by atoms with Crippen LogP contribution in [0.3, 0.4) is 0 Å². The molecule has 2 nitrogen and oxygen atoms in total. The molecule has 0 aliphatic carbocycles. The first-order valence-corrected chi connectivity index (χ1v) is 22.3. The van der Waals surface area contributed by atoms with Crippen molar-refractivity contribution in [2.45, 2.75) is 0 Å². The van der Waals surface area contributed by atoms with Gasteiger partial charge in [-0.3, -0.25) is 0 Å². The largest absolute Gasteiger partial charge is 0.310 e. The van der Waals surface area contributed by atoms with E-state index in [2.05, 4.69) is 252 Å². The summed E-state index contributed by atoms with van der Waals surface area (Å²) in [7, 11) is 0. The Morgan fingerprint density at radius 3 is 1.67 bits per heavy atom. The van der Waals surface area contributed by atoms with Gasteiger partial charge in [-0.15, -0.1) is 11.3 Å². The van der Waals surface area contributed by atoms with Gasteiger partial charge < -0.3 is 9.47 Å². The molecular weight excluding hydrogens is 781 g/mol. The van der Waals surface area contributed by atoms with Crippen LogP contribution in [0.15, 0.2) is 243 Å². The van der Waals surface area contributed by atoms with E-state index in [1.807, 2.05) is 11.3 Å². The van der Waals surface area contributed by atoms with Gasteiger partial charge in [0, 0.05) is 53.6 Å². The highest BCUT2D eigenvalue weighted by Gasteiger charge is 2.24. The Kier molecular flexibility index (Phi) is 9.06. The van der Waals surface area contributed by atoms with Gasteiger partial charge in [0.05, 0.1) is 16.7 Å². The second-order valence-corrected chi connectivity index (χ2v) is 17.1. The third-order valence-corrected chi connectivity index (χ3v) is 13.6. The van der Waals surface area contributed by atoms with Crippen LogP contribution in [0.1, 0.15) is 0 Å². The Labute approximate surface area is 370 Å². The average molecular weight is 821 g/mol. The summed E-state index contributed by atoms with van der Waals surface area (Å²) in [5.74, 6) is 0. The van der Waals surface area contributed by atoms with Crippen molar-refractivity contribution in [3.63, 3.8) is 0 Å². The molecule has 12 aromatic rings. The summed E-state index contributed by atoms with van der Waals surface area (Å²) in [4.78, 5) is 2.47. The van der Waals surface area contributed by atoms with Crippen molar-refractivity contribution in [3.05, 3.63) is 243 Å². The van der Waals surface area contributed by atoms with Gasteiger partial charge in [-0.2, -0.15) is 0 Å². The Morgan fingerprint density at radius 2 is 0.889 bits per heavy atom. The molecule has 12 rings (SSSR count). The normalized spacial score (nSPS) is 11.5. The zero-order chi connectivity index (χ0) is 41.7. The highest BCUT2D eigenvalue weighted by molar-refractivity contribution is 7.25. The van der Waals surface area contributed by atoms with Crippen molar-refractivity contribution < 1.29 is 0 Å². The van der Waals surface area contributed by atoms with Crippen molar-refractivity contribution in [3.8, 4) is 50.2 Å². The summed E-state index contributed by atoms with van der Waals surface area (Å²) >= 11 is 1.86. The number of rotatable bonds is 8. The van der Waals surface area contributed by atoms with Crippen molar-refractivity contribution in [1.82, 2.24) is 4.57 Å². The van der Waals surface area contributed by atoms with Crippen LogP contribution < -0.4 is 4.90 Å². The maximum absolute atomic E-state index is 2.47. The molecule has 0 fully saturated rings. The van der Waals surface area contributed by atoms with E-state index in [9.17, 15) is 0 Å². The van der Waals surface area contributed by atoms with Crippen molar-refractivity contribution >= 4 is 70.4 Å². The summed E-state index contributed by atoms with van der Waals surface area (Å²) in [6.45, 7) is 0. The molecule has 0 N–H and O–H groups in total. The smallest absolute Gasteiger partial charge is 0.0561 e. The van der Waals surface area contributed by atoms with Gasteiger partial charge in [-0.1, -0.05) is 176 Å². The van der Waals surface area contributed by atoms with E-state index in [1.165, 1.54) is 81.0 Å². The number of nitrogens with zero attached hydrogens (tertiary/aromatic N) is 2. The van der Waals surface area contributed by atoms with E-state index in [1.54, 1.807) is 0 Å². The van der Waals surface area contributed by atoms with Crippen molar-refractivity contribution in [2.24, 2.45) is 0 Å². The molecule has 0 amide bonds. The van der Waals surface area contributed by atoms with Crippen LogP contribution in [0.25, 0.3) is 92.2 Å². The van der Waals surface area contributed by atoms with Gasteiger partial charge in [0.1, 0.15) is 0 Å². The van der Waals surface area contributed by atoms with Crippen LogP contribution in [-0.4, -0.2) is 4.57 Å². The molecule has 0 spiro atoms. The quantitative estimate of drug-likeness (QED) is 0.148. The van der Waals surface area contributed by atoms with Crippen LogP contribution >= 0.6 is 11.3 Å². The fourth-order valence-electron chi connectivity index (χ4n) is 9.53. The molecule has 3 heteroatoms. The molecule has 0 aliphatic heterocycles. The lowest BCUT2D eigenvalue weighted by molar-refractivity contribution is 1.18. The topological polar surface area (TPSA) is 8.17 Å². The fraction of sp³-hybridized carbons (Fsp3) is 0. The second-order valence-electron chi connectivity index (χ2n) is 16.1. The predicted molar refractivity (Wildman–Crippen MR) is 270 cm³/mol. The maximum Gasteiger partial charge on any atom is 0.0561 e. The summed E-state index contributed by atoms with van der Waals surface area (Å²) < 4.78 is 5.04. The number of hydrogen-bond acceptors (Lipinski definition) is 2. The number of anilines is 3. The minimum atomic E-state index is 1.07. The second kappa shape index (κ2) is 15.5. The van der Waals surface area contributed by atoms with Gasteiger partial charge in [-0.25, -0.2) is 0 Å². The number of benzene rings is 10. The van der Waals surface area contributed by atoms with E-state index < -0.39 is 0 Å². The Bertz CT molecular complexity index is 3600. The van der Waals surface area contributed by atoms with Crippen LogP contribution in [0.4, 0.5) is 17.1 Å². The fourth-order valence-corrected chi connectivity index (χ4v) is 10.6. The highest BCUT2D eigenvalue weighted by Crippen LogP contribution is 2.49. The number of aromatic nitrogens is 1. The van der Waals surface area contributed by atoms with Crippen molar-refractivity contribution in [1.29, 1.82) is 0 Å². The Morgan fingerprint density at radius 1 is 0.317 bits per heavy atom. The standard InChI is InChI=1S/C60H40N2S/c1-4-17-42(18-5-1)48-23-10-11-26-53(48)60-49(43-19-6-2-7-20-43)27-16-29-56(60)61(46-34-31-41(32-35-46)44-33-38-59-54(39-44)52-25-13-15-30-58(52)63-59)47-36-37-51-50-24-12-14-28-55(50)62(57(51)40-47)45-21-8-3-9-22-45/h1-40H. The molecule has 0 aliphatic rings. The zero-order valence-electron chi connectivity index (χ0n) is 34.4. The molecule has 0 bridgehead atoms. The molecule has 0 saturated carbocycles. The zero-order valence-corrected chi connectivity index (χ0v) is 35.2. The lowest BCUT2D eigenvalue weighted by atomic mass is 9.87. The molecule has 2 aromatic heterocycles. The molecule has 2 heterocycles. The van der Waals surface area contributed by atoms with Gasteiger partial charge in [0.15, 0.2) is 0 Å². The molecule has 0 radical (unpaired) electrons. The van der Waals surface area contributed by atoms with E-state index in [-0.39, 0.29) is 0 Å². The van der Waals surface area contributed by atoms with Crippen LogP contribution in [0, 0.1) is 0 Å². The van der Waals surface area contributed by atoms with E-state index >= 15 is 0 Å². The lowest BCUT2D eigenvalue weighted by Gasteiger charge is -2.30. The third kappa shape index (κ3) is 6.41. The summed E-state index contributed by atoms with van der Waals surface area (Å²) in [6.07, 6.45) is 0. The first-order chi connectivity index (χ1) is 31.3. The number of thiophene rings is 1. The first kappa shape index (κ1) is 36.8. The van der Waals surface area contributed by atoms with Crippen LogP contribution in [-0.2, 0) is 0 Å². The first-order valence-electron chi connectivity index (χ1n) is 21.5. The van der Waals surface area contributed by atoms with Gasteiger partial charge in [-0.05, 0) is 106 Å². The molecule has 0 saturated heterocycles. The van der Waals surface area contributed by atoms with Crippen LogP contribution in [0.5, 0.6) is 0 Å². The molecule has 63 heavy (non-hydrogen) atoms. The summed E-state index contributed by atoms with van der Waals surface area (Å²) in [5, 5.41) is 5.07. The highest BCUT2D eigenvalue weighted by atomic mass is 32.1. The number of fused-ring (bicyclic) bond motifs is 6. The Hall–Kier alpha value is -7.98. The minimum absolute atomic E-state index is 1.07. The predicted octanol–water partition coefficient (Wildman–Crippen LogP) is 17.3. The van der Waals surface area contributed by atoms with E-state index in [0.717, 1.165) is 28.3 Å². The van der Waals surface area contributed by atoms with Gasteiger partial charge >= 0.3 is 0 Å². The Balaban J connectivity index is 1.11. The molecule has 0 unspecified atom stereocenters. The van der Waals surface area contributed by atoms with E-state index in [4.69, 9.17) is 0 Å². The number of para-hydroxylation sites is 2. The molecule has 296 valence electrons. The SMILES string of the molecule is c1ccc(-c2ccccc2-c2c(-c3ccccc3)cccc2N(c2ccc(-c3ccc4sc5ccccc5c4c3)cc2)c2ccc3c4ccccc4n(-c4ccccc4)c3c2)cc1. The van der Waals surface area contributed by atoms with E-state index in [0.29, 0.717) is 0 Å².